The van der Waals surface area contributed by atoms with E-state index in [1.165, 1.54) is 6.42 Å². The number of hydrogen-bond donors (Lipinski definition) is 0. The Morgan fingerprint density at radius 1 is 0.833 bits per heavy atom. The van der Waals surface area contributed by atoms with Crippen LogP contribution in [-0.2, 0) is 8.85 Å². The molecule has 0 N–H and O–H groups in total. The first kappa shape index (κ1) is 12.1. The summed E-state index contributed by atoms with van der Waals surface area (Å²) >= 11 is 0. The van der Waals surface area contributed by atoms with Gasteiger partial charge < -0.3 is 8.85 Å². The molecule has 0 saturated carbocycles. The summed E-state index contributed by atoms with van der Waals surface area (Å²) in [6, 6.07) is 1.15. The highest BCUT2D eigenvalue weighted by atomic mass is 28.3. The summed E-state index contributed by atoms with van der Waals surface area (Å²) in [4.78, 5) is 0. The predicted molar refractivity (Wildman–Crippen MR) is 54.7 cm³/mol. The minimum absolute atomic E-state index is 0.876. The van der Waals surface area contributed by atoms with Crippen LogP contribution in [0.2, 0.25) is 6.04 Å². The Bertz CT molecular complexity index is 80.6. The highest BCUT2D eigenvalue weighted by Crippen LogP contribution is 2.02. The third-order valence-corrected chi connectivity index (χ3v) is 3.80. The Labute approximate surface area is 78.1 Å². The molecule has 0 aromatic carbocycles. The summed E-state index contributed by atoms with van der Waals surface area (Å²) < 4.78 is 11.3. The summed E-state index contributed by atoms with van der Waals surface area (Å²) in [7, 11) is -1.27. The summed E-state index contributed by atoms with van der Waals surface area (Å²) in [5.41, 5.74) is 0. The van der Waals surface area contributed by atoms with Crippen molar-refractivity contribution in [1.29, 1.82) is 0 Å². The van der Waals surface area contributed by atoms with Crippen molar-refractivity contribution >= 4 is 9.28 Å². The fraction of sp³-hybridized carbons (Fsp3) is 1.00. The molecule has 12 heavy (non-hydrogen) atoms. The van der Waals surface area contributed by atoms with Crippen molar-refractivity contribution in [2.75, 3.05) is 13.2 Å². The molecule has 0 aliphatic rings. The normalized spacial score (nSPS) is 11.0. The molecular weight excluding hydrogens is 168 g/mol. The maximum Gasteiger partial charge on any atom is 0.321 e. The lowest BCUT2D eigenvalue weighted by Crippen LogP contribution is -2.23. The summed E-state index contributed by atoms with van der Waals surface area (Å²) in [6.07, 6.45) is 3.38. The lowest BCUT2D eigenvalue weighted by molar-refractivity contribution is 0.196. The van der Waals surface area contributed by atoms with Crippen LogP contribution in [0, 0.1) is 0 Å². The van der Waals surface area contributed by atoms with E-state index >= 15 is 0 Å². The minimum Gasteiger partial charge on any atom is -0.397 e. The zero-order valence-corrected chi connectivity index (χ0v) is 9.79. The lowest BCUT2D eigenvalue weighted by Gasteiger charge is -2.14. The molecule has 2 nitrogen and oxygen atoms in total. The topological polar surface area (TPSA) is 18.5 Å². The Hall–Kier alpha value is 0.137. The van der Waals surface area contributed by atoms with Crippen LogP contribution >= 0.6 is 0 Å². The van der Waals surface area contributed by atoms with Gasteiger partial charge in [0.15, 0.2) is 0 Å². The summed E-state index contributed by atoms with van der Waals surface area (Å²) in [6.45, 7) is 8.21. The van der Waals surface area contributed by atoms with Crippen molar-refractivity contribution in [2.24, 2.45) is 0 Å². The van der Waals surface area contributed by atoms with E-state index in [-0.39, 0.29) is 0 Å². The van der Waals surface area contributed by atoms with Crippen molar-refractivity contribution in [1.82, 2.24) is 0 Å². The van der Waals surface area contributed by atoms with E-state index in [1.54, 1.807) is 0 Å². The van der Waals surface area contributed by atoms with Crippen LogP contribution in [0.3, 0.4) is 0 Å². The largest absolute Gasteiger partial charge is 0.397 e. The Morgan fingerprint density at radius 3 is 1.67 bits per heavy atom. The van der Waals surface area contributed by atoms with Crippen molar-refractivity contribution in [3.63, 3.8) is 0 Å². The fourth-order valence-electron chi connectivity index (χ4n) is 0.949. The molecule has 0 unspecified atom stereocenters. The van der Waals surface area contributed by atoms with E-state index in [0.29, 0.717) is 0 Å². The van der Waals surface area contributed by atoms with Crippen molar-refractivity contribution in [3.05, 3.63) is 0 Å². The highest BCUT2D eigenvalue weighted by Gasteiger charge is 2.10. The summed E-state index contributed by atoms with van der Waals surface area (Å²) in [5, 5.41) is 0. The van der Waals surface area contributed by atoms with Crippen LogP contribution in [0.1, 0.15) is 40.0 Å². The number of rotatable bonds is 8. The summed E-state index contributed by atoms with van der Waals surface area (Å²) in [5.74, 6) is 0. The van der Waals surface area contributed by atoms with Gasteiger partial charge in [0.05, 0.1) is 0 Å². The molecular formula is C9H22O2Si. The monoisotopic (exact) mass is 190 g/mol. The van der Waals surface area contributed by atoms with E-state index in [1.807, 2.05) is 0 Å². The molecule has 74 valence electrons. The molecule has 0 aromatic rings. The van der Waals surface area contributed by atoms with Crippen LogP contribution in [0.5, 0.6) is 0 Å². The van der Waals surface area contributed by atoms with Crippen LogP contribution in [0.25, 0.3) is 0 Å². The maximum absolute atomic E-state index is 5.65. The van der Waals surface area contributed by atoms with E-state index in [9.17, 15) is 0 Å². The van der Waals surface area contributed by atoms with E-state index in [2.05, 4.69) is 20.8 Å². The van der Waals surface area contributed by atoms with Crippen LogP contribution in [0.4, 0.5) is 0 Å². The van der Waals surface area contributed by atoms with Crippen molar-refractivity contribution < 1.29 is 8.85 Å². The van der Waals surface area contributed by atoms with Gasteiger partial charge in [0.25, 0.3) is 0 Å². The first-order chi connectivity index (χ1) is 5.85. The molecule has 0 saturated heterocycles. The highest BCUT2D eigenvalue weighted by molar-refractivity contribution is 6.44. The fourth-order valence-corrected chi connectivity index (χ4v) is 2.85. The molecule has 0 aromatic heterocycles. The zero-order valence-electron chi connectivity index (χ0n) is 8.64. The Kier molecular flexibility index (Phi) is 9.33. The second-order valence-corrected chi connectivity index (χ2v) is 5.06. The second kappa shape index (κ2) is 9.23. The van der Waals surface area contributed by atoms with Gasteiger partial charge in [0.1, 0.15) is 0 Å². The SMILES string of the molecule is CCCO[SiH](CCC)OCCC. The van der Waals surface area contributed by atoms with Crippen molar-refractivity contribution in [3.8, 4) is 0 Å². The second-order valence-electron chi connectivity index (χ2n) is 2.96. The minimum atomic E-state index is -1.27. The van der Waals surface area contributed by atoms with Gasteiger partial charge in [-0.2, -0.15) is 0 Å². The van der Waals surface area contributed by atoms with Gasteiger partial charge in [-0.05, 0) is 18.9 Å². The molecule has 0 heterocycles. The molecule has 0 fully saturated rings. The number of hydrogen-bond acceptors (Lipinski definition) is 2. The molecule has 0 radical (unpaired) electrons. The van der Waals surface area contributed by atoms with Crippen molar-refractivity contribution in [2.45, 2.75) is 46.1 Å². The van der Waals surface area contributed by atoms with Gasteiger partial charge in [-0.15, -0.1) is 0 Å². The molecule has 0 amide bonds. The first-order valence-corrected chi connectivity index (χ1v) is 6.84. The quantitative estimate of drug-likeness (QED) is 0.547. The van der Waals surface area contributed by atoms with Gasteiger partial charge in [0.2, 0.25) is 0 Å². The van der Waals surface area contributed by atoms with Gasteiger partial charge in [-0.3, -0.25) is 0 Å². The average molecular weight is 190 g/mol. The third kappa shape index (κ3) is 6.82. The predicted octanol–water partition coefficient (Wildman–Crippen LogP) is 2.47. The maximum atomic E-state index is 5.65. The third-order valence-electron chi connectivity index (χ3n) is 1.54. The Morgan fingerprint density at radius 2 is 1.33 bits per heavy atom. The van der Waals surface area contributed by atoms with Gasteiger partial charge >= 0.3 is 9.28 Å². The molecule has 0 aliphatic carbocycles. The molecule has 0 spiro atoms. The molecule has 0 aliphatic heterocycles. The molecule has 0 bridgehead atoms. The molecule has 0 atom stereocenters. The van der Waals surface area contributed by atoms with Gasteiger partial charge in [-0.1, -0.05) is 27.2 Å². The standard InChI is InChI=1S/C9H22O2Si/c1-4-7-10-12(9-6-3)11-8-5-2/h12H,4-9H2,1-3H3. The Balaban J connectivity index is 3.40. The zero-order chi connectivity index (χ0) is 9.23. The van der Waals surface area contributed by atoms with E-state index in [0.717, 1.165) is 32.1 Å². The van der Waals surface area contributed by atoms with Crippen LogP contribution in [0.15, 0.2) is 0 Å². The lowest BCUT2D eigenvalue weighted by atomic mass is 10.5. The molecule has 0 rings (SSSR count). The first-order valence-electron chi connectivity index (χ1n) is 5.08. The van der Waals surface area contributed by atoms with Crippen LogP contribution < -0.4 is 0 Å². The van der Waals surface area contributed by atoms with E-state index < -0.39 is 9.28 Å². The smallest absolute Gasteiger partial charge is 0.321 e. The average Bonchev–Trinajstić information content (AvgIpc) is 2.10. The molecule has 3 heteroatoms. The van der Waals surface area contributed by atoms with E-state index in [4.69, 9.17) is 8.85 Å². The van der Waals surface area contributed by atoms with Gasteiger partial charge in [0, 0.05) is 13.2 Å². The van der Waals surface area contributed by atoms with Gasteiger partial charge in [-0.25, -0.2) is 0 Å². The van der Waals surface area contributed by atoms with Crippen LogP contribution in [-0.4, -0.2) is 22.5 Å².